The first kappa shape index (κ1) is 23.7. The van der Waals surface area contributed by atoms with E-state index in [0.717, 1.165) is 9.87 Å². The van der Waals surface area contributed by atoms with Crippen LogP contribution in [-0.2, 0) is 29.1 Å². The van der Waals surface area contributed by atoms with Crippen molar-refractivity contribution in [1.29, 1.82) is 0 Å². The van der Waals surface area contributed by atoms with Crippen LogP contribution in [0.1, 0.15) is 32.3 Å². The monoisotopic (exact) mass is 465 g/mol. The standard InChI is InChI=1S/C21H27N3O7S/c1-4-30-20(26)18-14(3)22-21(27)23-16(18)12-31-19(25)17-6-5-11-24(17)32(28,29)15-9-7-13(2)8-10-15/h7-10,14,17H,4-6,11-12H2,1-3H3,(H2,22,23,27)/t14-,17-/m1/s1. The van der Waals surface area contributed by atoms with Crippen LogP contribution in [0.4, 0.5) is 4.79 Å². The molecule has 1 aromatic rings. The van der Waals surface area contributed by atoms with Gasteiger partial charge in [0, 0.05) is 6.54 Å². The van der Waals surface area contributed by atoms with Crippen LogP contribution in [0.2, 0.25) is 0 Å². The van der Waals surface area contributed by atoms with E-state index in [-0.39, 0.29) is 35.9 Å². The third-order valence-electron chi connectivity index (χ3n) is 5.33. The number of ether oxygens (including phenoxy) is 2. The maximum absolute atomic E-state index is 13.0. The lowest BCUT2D eigenvalue weighted by molar-refractivity contribution is -0.147. The summed E-state index contributed by atoms with van der Waals surface area (Å²) in [5, 5.41) is 5.03. The molecule has 32 heavy (non-hydrogen) atoms. The number of hydrogen-bond acceptors (Lipinski definition) is 7. The molecular formula is C21H27N3O7S. The van der Waals surface area contributed by atoms with Crippen molar-refractivity contribution < 1.29 is 32.3 Å². The number of esters is 2. The molecule has 10 nitrogen and oxygen atoms in total. The summed E-state index contributed by atoms with van der Waals surface area (Å²) in [4.78, 5) is 37.0. The number of nitrogens with one attached hydrogen (secondary N) is 2. The van der Waals surface area contributed by atoms with Crippen molar-refractivity contribution in [3.8, 4) is 0 Å². The van der Waals surface area contributed by atoms with Crippen LogP contribution in [0, 0.1) is 6.92 Å². The van der Waals surface area contributed by atoms with Crippen molar-refractivity contribution in [2.24, 2.45) is 0 Å². The van der Waals surface area contributed by atoms with Crippen molar-refractivity contribution in [1.82, 2.24) is 14.9 Å². The van der Waals surface area contributed by atoms with Gasteiger partial charge in [-0.1, -0.05) is 17.7 Å². The molecular weight excluding hydrogens is 438 g/mol. The van der Waals surface area contributed by atoms with E-state index in [2.05, 4.69) is 10.6 Å². The van der Waals surface area contributed by atoms with Gasteiger partial charge in [-0.2, -0.15) is 4.31 Å². The molecule has 2 atom stereocenters. The zero-order valence-corrected chi connectivity index (χ0v) is 19.0. The summed E-state index contributed by atoms with van der Waals surface area (Å²) in [6, 6.07) is 4.24. The number of amides is 2. The lowest BCUT2D eigenvalue weighted by Crippen LogP contribution is -2.50. The summed E-state index contributed by atoms with van der Waals surface area (Å²) in [5.41, 5.74) is 1.18. The van der Waals surface area contributed by atoms with E-state index in [1.807, 2.05) is 6.92 Å². The van der Waals surface area contributed by atoms with E-state index in [1.54, 1.807) is 26.0 Å². The number of rotatable bonds is 7. The highest BCUT2D eigenvalue weighted by atomic mass is 32.2. The van der Waals surface area contributed by atoms with Gasteiger partial charge in [0.05, 0.1) is 28.8 Å². The first-order valence-corrected chi connectivity index (χ1v) is 11.8. The van der Waals surface area contributed by atoms with Crippen molar-refractivity contribution in [2.75, 3.05) is 19.8 Å². The Morgan fingerprint density at radius 3 is 2.53 bits per heavy atom. The van der Waals surface area contributed by atoms with E-state index in [1.165, 1.54) is 12.1 Å². The molecule has 1 aromatic carbocycles. The highest BCUT2D eigenvalue weighted by Crippen LogP contribution is 2.27. The Bertz CT molecular complexity index is 1030. The van der Waals surface area contributed by atoms with Crippen LogP contribution in [0.5, 0.6) is 0 Å². The number of carbonyl (C=O) groups excluding carboxylic acids is 3. The Balaban J connectivity index is 1.77. The van der Waals surface area contributed by atoms with Gasteiger partial charge in [-0.3, -0.25) is 4.79 Å². The average Bonchev–Trinajstić information content (AvgIpc) is 3.23. The van der Waals surface area contributed by atoms with Gasteiger partial charge in [-0.25, -0.2) is 18.0 Å². The molecule has 0 bridgehead atoms. The summed E-state index contributed by atoms with van der Waals surface area (Å²) in [7, 11) is -3.88. The Labute approximate surface area is 187 Å². The zero-order valence-electron chi connectivity index (χ0n) is 18.2. The largest absolute Gasteiger partial charge is 0.463 e. The minimum Gasteiger partial charge on any atom is -0.463 e. The van der Waals surface area contributed by atoms with E-state index in [9.17, 15) is 22.8 Å². The number of benzene rings is 1. The Kier molecular flexibility index (Phi) is 7.19. The molecule has 2 N–H and O–H groups in total. The maximum Gasteiger partial charge on any atom is 0.338 e. The highest BCUT2D eigenvalue weighted by Gasteiger charge is 2.41. The van der Waals surface area contributed by atoms with Crippen LogP contribution in [0.3, 0.4) is 0 Å². The van der Waals surface area contributed by atoms with Gasteiger partial charge in [0.15, 0.2) is 0 Å². The number of carbonyl (C=O) groups is 3. The molecule has 0 saturated carbocycles. The number of hydrogen-bond donors (Lipinski definition) is 2. The Hall–Kier alpha value is -2.92. The Morgan fingerprint density at radius 1 is 1.19 bits per heavy atom. The van der Waals surface area contributed by atoms with Gasteiger partial charge in [-0.05, 0) is 45.7 Å². The number of sulfonamides is 1. The Morgan fingerprint density at radius 2 is 1.88 bits per heavy atom. The zero-order chi connectivity index (χ0) is 23.5. The molecule has 2 amide bonds. The van der Waals surface area contributed by atoms with Crippen LogP contribution in [0.15, 0.2) is 40.4 Å². The van der Waals surface area contributed by atoms with Gasteiger partial charge in [-0.15, -0.1) is 0 Å². The summed E-state index contributed by atoms with van der Waals surface area (Å²) >= 11 is 0. The van der Waals surface area contributed by atoms with Crippen LogP contribution in [-0.4, -0.2) is 62.5 Å². The predicted octanol–water partition coefficient (Wildman–Crippen LogP) is 1.21. The number of urea groups is 1. The van der Waals surface area contributed by atoms with Gasteiger partial charge in [0.2, 0.25) is 10.0 Å². The molecule has 2 aliphatic heterocycles. The third kappa shape index (κ3) is 4.94. The second-order valence-electron chi connectivity index (χ2n) is 7.63. The SMILES string of the molecule is CCOC(=O)C1=C(COC(=O)[C@H]2CCCN2S(=O)(=O)c2ccc(C)cc2)NC(=O)N[C@@H]1C. The molecule has 0 aliphatic carbocycles. The molecule has 0 spiro atoms. The predicted molar refractivity (Wildman–Crippen MR) is 114 cm³/mol. The molecule has 174 valence electrons. The summed E-state index contributed by atoms with van der Waals surface area (Å²) < 4.78 is 37.6. The third-order valence-corrected chi connectivity index (χ3v) is 7.25. The van der Waals surface area contributed by atoms with Crippen molar-refractivity contribution in [3.63, 3.8) is 0 Å². The molecule has 3 rings (SSSR count). The van der Waals surface area contributed by atoms with E-state index in [0.29, 0.717) is 12.8 Å². The second kappa shape index (κ2) is 9.70. The highest BCUT2D eigenvalue weighted by molar-refractivity contribution is 7.89. The lowest BCUT2D eigenvalue weighted by Gasteiger charge is -2.27. The fraction of sp³-hybridized carbons (Fsp3) is 0.476. The number of nitrogens with zero attached hydrogens (tertiary/aromatic N) is 1. The maximum atomic E-state index is 13.0. The van der Waals surface area contributed by atoms with E-state index in [4.69, 9.17) is 9.47 Å². The van der Waals surface area contributed by atoms with Crippen molar-refractivity contribution in [2.45, 2.75) is 50.6 Å². The van der Waals surface area contributed by atoms with Gasteiger partial charge >= 0.3 is 18.0 Å². The molecule has 0 radical (unpaired) electrons. The molecule has 0 unspecified atom stereocenters. The lowest BCUT2D eigenvalue weighted by atomic mass is 10.0. The first-order chi connectivity index (χ1) is 15.1. The fourth-order valence-corrected chi connectivity index (χ4v) is 5.39. The quantitative estimate of drug-likeness (QED) is 0.579. The normalized spacial score (nSPS) is 21.7. The smallest absolute Gasteiger partial charge is 0.338 e. The van der Waals surface area contributed by atoms with Crippen LogP contribution in [0.25, 0.3) is 0 Å². The average molecular weight is 466 g/mol. The minimum atomic E-state index is -3.88. The van der Waals surface area contributed by atoms with Gasteiger partial charge in [0.25, 0.3) is 0 Å². The fourth-order valence-electron chi connectivity index (χ4n) is 3.74. The molecule has 11 heteroatoms. The summed E-state index contributed by atoms with van der Waals surface area (Å²) in [5.74, 6) is -1.38. The van der Waals surface area contributed by atoms with E-state index >= 15 is 0 Å². The van der Waals surface area contributed by atoms with Crippen LogP contribution >= 0.6 is 0 Å². The van der Waals surface area contributed by atoms with E-state index < -0.39 is 40.1 Å². The second-order valence-corrected chi connectivity index (χ2v) is 9.52. The molecule has 0 aromatic heterocycles. The molecule has 2 aliphatic rings. The van der Waals surface area contributed by atoms with Crippen molar-refractivity contribution in [3.05, 3.63) is 41.1 Å². The van der Waals surface area contributed by atoms with Crippen molar-refractivity contribution >= 4 is 28.0 Å². The topological polar surface area (TPSA) is 131 Å². The minimum absolute atomic E-state index is 0.106. The molecule has 2 heterocycles. The van der Waals surface area contributed by atoms with Gasteiger partial charge < -0.3 is 20.1 Å². The molecule has 1 saturated heterocycles. The first-order valence-electron chi connectivity index (χ1n) is 10.4. The molecule has 1 fully saturated rings. The summed E-state index contributed by atoms with van der Waals surface area (Å²) in [6.07, 6.45) is 0.831. The number of aryl methyl sites for hydroxylation is 1. The van der Waals surface area contributed by atoms with Gasteiger partial charge in [0.1, 0.15) is 12.6 Å². The summed E-state index contributed by atoms with van der Waals surface area (Å²) in [6.45, 7) is 5.07. The van der Waals surface area contributed by atoms with Crippen LogP contribution < -0.4 is 10.6 Å².